The maximum atomic E-state index is 9.39. The molecule has 0 saturated carbocycles. The van der Waals surface area contributed by atoms with Gasteiger partial charge in [0.15, 0.2) is 0 Å². The highest BCUT2D eigenvalue weighted by molar-refractivity contribution is 5.85. The molecule has 2 aromatic carbocycles. The number of fused-ring (bicyclic) bond motifs is 1. The van der Waals surface area contributed by atoms with Gasteiger partial charge in [0.1, 0.15) is 5.75 Å². The molecule has 0 spiro atoms. The molecule has 0 fully saturated rings. The number of hydrogen-bond donors (Lipinski definition) is 2. The van der Waals surface area contributed by atoms with Crippen LogP contribution in [-0.2, 0) is 0 Å². The molecule has 2 rings (SSSR count). The summed E-state index contributed by atoms with van der Waals surface area (Å²) in [4.78, 5) is 0. The average molecular weight is 264 g/mol. The molecule has 0 aliphatic carbocycles. The minimum atomic E-state index is -0.00861. The van der Waals surface area contributed by atoms with Gasteiger partial charge in [0, 0.05) is 6.04 Å². The molecular weight excluding hydrogens is 246 g/mol. The summed E-state index contributed by atoms with van der Waals surface area (Å²) < 4.78 is 0. The third-order valence-corrected chi connectivity index (χ3v) is 2.84. The van der Waals surface area contributed by atoms with Crippen molar-refractivity contribution in [2.24, 2.45) is 5.73 Å². The fraction of sp³-hybridized carbons (Fsp3) is 0.200. The van der Waals surface area contributed by atoms with Crippen LogP contribution in [0.5, 0.6) is 5.75 Å². The summed E-state index contributed by atoms with van der Waals surface area (Å²) >= 11 is 0. The zero-order valence-electron chi connectivity index (χ0n) is 10.4. The molecule has 0 radical (unpaired) electrons. The van der Waals surface area contributed by atoms with Crippen molar-refractivity contribution in [3.05, 3.63) is 54.1 Å². The molecule has 2 aromatic rings. The van der Waals surface area contributed by atoms with E-state index in [1.807, 2.05) is 25.1 Å². The first-order chi connectivity index (χ1) is 8.06. The Bertz CT molecular complexity index is 565. The Morgan fingerprint density at radius 3 is 2.50 bits per heavy atom. The first-order valence-corrected chi connectivity index (χ1v) is 5.69. The van der Waals surface area contributed by atoms with Crippen LogP contribution in [0.4, 0.5) is 0 Å². The standard InChI is InChI=1S/C15H17NO.ClH/c1-10(2)7-15(16)13-4-3-12-9-14(17)6-5-11(12)8-13;/h3-6,8-9,15,17H,1,7,16H2,2H3;1H/t15-;/m0./s1. The molecule has 0 bridgehead atoms. The second kappa shape index (κ2) is 5.89. The SMILES string of the molecule is C=C(C)C[C@H](N)c1ccc2cc(O)ccc2c1.Cl. The summed E-state index contributed by atoms with van der Waals surface area (Å²) in [6.45, 7) is 5.87. The Morgan fingerprint density at radius 1 is 1.22 bits per heavy atom. The molecule has 1 atom stereocenters. The van der Waals surface area contributed by atoms with Gasteiger partial charge in [0.25, 0.3) is 0 Å². The van der Waals surface area contributed by atoms with Crippen LogP contribution < -0.4 is 5.73 Å². The van der Waals surface area contributed by atoms with Crippen LogP contribution in [0.1, 0.15) is 24.9 Å². The number of benzene rings is 2. The summed E-state index contributed by atoms with van der Waals surface area (Å²) in [5.41, 5.74) is 8.30. The van der Waals surface area contributed by atoms with Crippen molar-refractivity contribution in [1.82, 2.24) is 0 Å². The summed E-state index contributed by atoms with van der Waals surface area (Å²) in [6, 6.07) is 11.4. The minimum absolute atomic E-state index is 0. The van der Waals surface area contributed by atoms with Gasteiger partial charge in [-0.15, -0.1) is 19.0 Å². The van der Waals surface area contributed by atoms with Gasteiger partial charge < -0.3 is 10.8 Å². The van der Waals surface area contributed by atoms with Crippen LogP contribution >= 0.6 is 12.4 Å². The predicted molar refractivity (Wildman–Crippen MR) is 79.2 cm³/mol. The molecule has 3 N–H and O–H groups in total. The molecule has 96 valence electrons. The monoisotopic (exact) mass is 263 g/mol. The van der Waals surface area contributed by atoms with Gasteiger partial charge in [0.2, 0.25) is 0 Å². The van der Waals surface area contributed by atoms with Crippen molar-refractivity contribution in [2.45, 2.75) is 19.4 Å². The number of rotatable bonds is 3. The highest BCUT2D eigenvalue weighted by atomic mass is 35.5. The first-order valence-electron chi connectivity index (χ1n) is 5.69. The number of nitrogens with two attached hydrogens (primary N) is 1. The van der Waals surface area contributed by atoms with Crippen LogP contribution in [0, 0.1) is 0 Å². The van der Waals surface area contributed by atoms with Gasteiger partial charge in [-0.3, -0.25) is 0 Å². The molecule has 0 amide bonds. The van der Waals surface area contributed by atoms with E-state index in [0.717, 1.165) is 28.3 Å². The van der Waals surface area contributed by atoms with Gasteiger partial charge in [-0.2, -0.15) is 0 Å². The maximum absolute atomic E-state index is 9.39. The fourth-order valence-electron chi connectivity index (χ4n) is 1.98. The fourth-order valence-corrected chi connectivity index (χ4v) is 1.98. The number of aromatic hydroxyl groups is 1. The van der Waals surface area contributed by atoms with E-state index in [1.165, 1.54) is 0 Å². The smallest absolute Gasteiger partial charge is 0.116 e. The van der Waals surface area contributed by atoms with Gasteiger partial charge in [-0.05, 0) is 47.9 Å². The largest absolute Gasteiger partial charge is 0.508 e. The molecular formula is C15H18ClNO. The van der Waals surface area contributed by atoms with Gasteiger partial charge in [-0.1, -0.05) is 23.8 Å². The summed E-state index contributed by atoms with van der Waals surface area (Å²) in [7, 11) is 0. The zero-order chi connectivity index (χ0) is 12.4. The Balaban J connectivity index is 0.00000162. The van der Waals surface area contributed by atoms with Crippen LogP contribution in [0.25, 0.3) is 10.8 Å². The summed E-state index contributed by atoms with van der Waals surface area (Å²) in [5, 5.41) is 11.5. The van der Waals surface area contributed by atoms with E-state index < -0.39 is 0 Å². The Labute approximate surface area is 114 Å². The Morgan fingerprint density at radius 2 is 1.83 bits per heavy atom. The second-order valence-corrected chi connectivity index (χ2v) is 4.56. The Kier molecular flexibility index (Phi) is 4.76. The molecule has 2 nitrogen and oxygen atoms in total. The molecule has 0 aliphatic rings. The molecule has 3 heteroatoms. The highest BCUT2D eigenvalue weighted by Crippen LogP contribution is 2.25. The van der Waals surface area contributed by atoms with E-state index in [0.29, 0.717) is 0 Å². The number of hydrogen-bond acceptors (Lipinski definition) is 2. The molecule has 0 unspecified atom stereocenters. The molecule has 0 saturated heterocycles. The first kappa shape index (κ1) is 14.6. The predicted octanol–water partition coefficient (Wildman–Crippen LogP) is 3.93. The van der Waals surface area contributed by atoms with Gasteiger partial charge in [0.05, 0.1) is 0 Å². The van der Waals surface area contributed by atoms with Crippen molar-refractivity contribution < 1.29 is 5.11 Å². The lowest BCUT2D eigenvalue weighted by atomic mass is 9.98. The average Bonchev–Trinajstić information content (AvgIpc) is 2.27. The van der Waals surface area contributed by atoms with E-state index in [4.69, 9.17) is 5.73 Å². The molecule has 0 heterocycles. The maximum Gasteiger partial charge on any atom is 0.116 e. The lowest BCUT2D eigenvalue weighted by Gasteiger charge is -2.12. The third kappa shape index (κ3) is 3.25. The number of phenolic OH excluding ortho intramolecular Hbond substituents is 1. The lowest BCUT2D eigenvalue weighted by Crippen LogP contribution is -2.10. The lowest BCUT2D eigenvalue weighted by molar-refractivity contribution is 0.476. The Hall–Kier alpha value is -1.51. The van der Waals surface area contributed by atoms with E-state index in [2.05, 4.69) is 12.6 Å². The quantitative estimate of drug-likeness (QED) is 0.824. The van der Waals surface area contributed by atoms with E-state index >= 15 is 0 Å². The van der Waals surface area contributed by atoms with Crippen LogP contribution in [0.2, 0.25) is 0 Å². The van der Waals surface area contributed by atoms with E-state index in [1.54, 1.807) is 12.1 Å². The van der Waals surface area contributed by atoms with Crippen molar-refractivity contribution in [3.8, 4) is 5.75 Å². The summed E-state index contributed by atoms with van der Waals surface area (Å²) in [5.74, 6) is 0.288. The minimum Gasteiger partial charge on any atom is -0.508 e. The van der Waals surface area contributed by atoms with E-state index in [9.17, 15) is 5.11 Å². The second-order valence-electron chi connectivity index (χ2n) is 4.56. The normalized spacial score (nSPS) is 11.9. The van der Waals surface area contributed by atoms with Gasteiger partial charge >= 0.3 is 0 Å². The number of phenols is 1. The van der Waals surface area contributed by atoms with Crippen LogP contribution in [0.15, 0.2) is 48.6 Å². The molecule has 0 aromatic heterocycles. The third-order valence-electron chi connectivity index (χ3n) is 2.84. The highest BCUT2D eigenvalue weighted by Gasteiger charge is 2.06. The van der Waals surface area contributed by atoms with Crippen molar-refractivity contribution in [3.63, 3.8) is 0 Å². The van der Waals surface area contributed by atoms with E-state index in [-0.39, 0.29) is 24.2 Å². The zero-order valence-corrected chi connectivity index (χ0v) is 11.2. The number of halogens is 1. The molecule has 18 heavy (non-hydrogen) atoms. The van der Waals surface area contributed by atoms with Gasteiger partial charge in [-0.25, -0.2) is 0 Å². The van der Waals surface area contributed by atoms with Crippen molar-refractivity contribution in [1.29, 1.82) is 0 Å². The topological polar surface area (TPSA) is 46.2 Å². The van der Waals surface area contributed by atoms with Crippen LogP contribution in [-0.4, -0.2) is 5.11 Å². The summed E-state index contributed by atoms with van der Waals surface area (Å²) in [6.07, 6.45) is 0.795. The van der Waals surface area contributed by atoms with Crippen molar-refractivity contribution in [2.75, 3.05) is 0 Å². The van der Waals surface area contributed by atoms with Crippen LogP contribution in [0.3, 0.4) is 0 Å². The van der Waals surface area contributed by atoms with Crippen molar-refractivity contribution >= 4 is 23.2 Å². The molecule has 0 aliphatic heterocycles.